The molecule has 7 heteroatoms. The van der Waals surface area contributed by atoms with Crippen LogP contribution in [0.4, 0.5) is 4.39 Å². The molecular formula is C7H5Cl2FO3S. The minimum atomic E-state index is -3.88. The number of hydrogen-bond acceptors (Lipinski definition) is 3. The third-order valence-corrected chi connectivity index (χ3v) is 2.81. The molecule has 0 unspecified atom stereocenters. The summed E-state index contributed by atoms with van der Waals surface area (Å²) in [5, 5.41) is 9.11. The molecule has 0 fully saturated rings. The van der Waals surface area contributed by atoms with Crippen molar-refractivity contribution in [2.75, 3.05) is 0 Å². The van der Waals surface area contributed by atoms with Gasteiger partial charge in [-0.2, -0.15) is 0 Å². The van der Waals surface area contributed by atoms with Crippen LogP contribution in [-0.2, 0) is 14.8 Å². The van der Waals surface area contributed by atoms with Gasteiger partial charge in [-0.1, -0.05) is 11.6 Å². The summed E-state index contributed by atoms with van der Waals surface area (Å²) in [7, 11) is 1.07. The fraction of sp³-hybridized carbons (Fsp3) is 0.143. The molecule has 1 N–H and O–H groups in total. The zero-order valence-electron chi connectivity index (χ0n) is 6.67. The third kappa shape index (κ3) is 2.73. The molecule has 14 heavy (non-hydrogen) atoms. The van der Waals surface area contributed by atoms with E-state index in [1.54, 1.807) is 0 Å². The summed E-state index contributed by atoms with van der Waals surface area (Å²) in [5.41, 5.74) is -0.235. The summed E-state index contributed by atoms with van der Waals surface area (Å²) in [6, 6.07) is 2.08. The van der Waals surface area contributed by atoms with Crippen molar-refractivity contribution in [2.24, 2.45) is 0 Å². The number of rotatable bonds is 2. The minimum Gasteiger partial charge on any atom is -0.505 e. The molecule has 0 spiro atoms. The van der Waals surface area contributed by atoms with Gasteiger partial charge in [0.25, 0.3) is 0 Å². The predicted molar refractivity (Wildman–Crippen MR) is 51.6 cm³/mol. The van der Waals surface area contributed by atoms with Crippen LogP contribution in [0.15, 0.2) is 12.1 Å². The first kappa shape index (κ1) is 11.6. The van der Waals surface area contributed by atoms with Crippen LogP contribution < -0.4 is 0 Å². The van der Waals surface area contributed by atoms with E-state index >= 15 is 0 Å². The average molecular weight is 259 g/mol. The van der Waals surface area contributed by atoms with Gasteiger partial charge in [0.15, 0.2) is 11.6 Å². The molecule has 1 aromatic rings. The van der Waals surface area contributed by atoms with E-state index in [-0.39, 0.29) is 10.6 Å². The Bertz CT molecular complexity index is 458. The van der Waals surface area contributed by atoms with Crippen molar-refractivity contribution < 1.29 is 17.9 Å². The van der Waals surface area contributed by atoms with Gasteiger partial charge in [0.2, 0.25) is 9.05 Å². The Hall–Kier alpha value is -0.520. The van der Waals surface area contributed by atoms with Gasteiger partial charge in [-0.05, 0) is 12.1 Å². The Morgan fingerprint density at radius 2 is 2.00 bits per heavy atom. The number of aromatic hydroxyl groups is 1. The summed E-state index contributed by atoms with van der Waals surface area (Å²) in [6.45, 7) is 0. The van der Waals surface area contributed by atoms with Crippen molar-refractivity contribution in [3.05, 3.63) is 28.5 Å². The van der Waals surface area contributed by atoms with E-state index in [2.05, 4.69) is 0 Å². The molecular weight excluding hydrogens is 254 g/mol. The van der Waals surface area contributed by atoms with Gasteiger partial charge < -0.3 is 5.11 Å². The van der Waals surface area contributed by atoms with Crippen LogP contribution in [0.25, 0.3) is 0 Å². The Morgan fingerprint density at radius 3 is 2.50 bits per heavy atom. The van der Waals surface area contributed by atoms with Gasteiger partial charge in [0.05, 0.1) is 5.75 Å². The highest BCUT2D eigenvalue weighted by atomic mass is 35.7. The lowest BCUT2D eigenvalue weighted by molar-refractivity contribution is 0.427. The monoisotopic (exact) mass is 258 g/mol. The Balaban J connectivity index is 3.27. The van der Waals surface area contributed by atoms with E-state index in [1.807, 2.05) is 0 Å². The first-order chi connectivity index (χ1) is 6.31. The molecule has 0 amide bonds. The molecule has 0 aliphatic carbocycles. The van der Waals surface area contributed by atoms with E-state index in [1.165, 1.54) is 0 Å². The number of phenols is 1. The van der Waals surface area contributed by atoms with Gasteiger partial charge >= 0.3 is 0 Å². The van der Waals surface area contributed by atoms with Gasteiger partial charge in [-0.25, -0.2) is 12.8 Å². The first-order valence-electron chi connectivity index (χ1n) is 3.39. The smallest absolute Gasteiger partial charge is 0.236 e. The lowest BCUT2D eigenvalue weighted by Gasteiger charge is -2.05. The van der Waals surface area contributed by atoms with Crippen LogP contribution in [0.5, 0.6) is 5.75 Å². The summed E-state index contributed by atoms with van der Waals surface area (Å²) >= 11 is 5.56. The average Bonchev–Trinajstić information content (AvgIpc) is 2.04. The van der Waals surface area contributed by atoms with Crippen LogP contribution in [0.3, 0.4) is 0 Å². The lowest BCUT2D eigenvalue weighted by Crippen LogP contribution is -1.97. The van der Waals surface area contributed by atoms with Gasteiger partial charge in [-0.3, -0.25) is 0 Å². The van der Waals surface area contributed by atoms with Crippen LogP contribution in [0.1, 0.15) is 5.56 Å². The third-order valence-electron chi connectivity index (χ3n) is 1.49. The number of benzene rings is 1. The SMILES string of the molecule is O=S(=O)(Cl)Cc1c(Cl)ccc(F)c1O. The molecule has 0 saturated heterocycles. The number of halogens is 3. The second-order valence-electron chi connectivity index (χ2n) is 2.54. The molecule has 0 aromatic heterocycles. The van der Waals surface area contributed by atoms with Gasteiger partial charge in [0, 0.05) is 21.3 Å². The molecule has 1 rings (SSSR count). The molecule has 0 radical (unpaired) electrons. The standard InChI is InChI=1S/C7H5Cl2FO3S/c8-5-1-2-6(10)7(11)4(5)3-14(9,12)13/h1-2,11H,3H2. The van der Waals surface area contributed by atoms with E-state index in [0.29, 0.717) is 0 Å². The van der Waals surface area contributed by atoms with Crippen LogP contribution in [0, 0.1) is 5.82 Å². The molecule has 78 valence electrons. The molecule has 1 aromatic carbocycles. The van der Waals surface area contributed by atoms with E-state index in [9.17, 15) is 12.8 Å². The zero-order chi connectivity index (χ0) is 10.9. The van der Waals surface area contributed by atoms with Crippen molar-refractivity contribution >= 4 is 31.3 Å². The lowest BCUT2D eigenvalue weighted by atomic mass is 10.2. The molecule has 0 saturated carbocycles. The highest BCUT2D eigenvalue weighted by Gasteiger charge is 2.17. The van der Waals surface area contributed by atoms with E-state index in [4.69, 9.17) is 27.4 Å². The van der Waals surface area contributed by atoms with Gasteiger partial charge in [0.1, 0.15) is 0 Å². The summed E-state index contributed by atoms with van der Waals surface area (Å²) in [6.07, 6.45) is 0. The fourth-order valence-electron chi connectivity index (χ4n) is 0.893. The topological polar surface area (TPSA) is 54.4 Å². The number of phenolic OH excluding ortho intramolecular Hbond substituents is 1. The van der Waals surface area contributed by atoms with Crippen molar-refractivity contribution in [3.63, 3.8) is 0 Å². The molecule has 0 aliphatic rings. The minimum absolute atomic E-state index is 0.0480. The van der Waals surface area contributed by atoms with Crippen molar-refractivity contribution in [2.45, 2.75) is 5.75 Å². The highest BCUT2D eigenvalue weighted by Crippen LogP contribution is 2.30. The Kier molecular flexibility index (Phi) is 3.24. The molecule has 0 heterocycles. The molecule has 0 bridgehead atoms. The van der Waals surface area contributed by atoms with Crippen molar-refractivity contribution in [1.82, 2.24) is 0 Å². The second-order valence-corrected chi connectivity index (χ2v) is 5.72. The van der Waals surface area contributed by atoms with Crippen LogP contribution in [0.2, 0.25) is 5.02 Å². The number of hydrogen-bond donors (Lipinski definition) is 1. The zero-order valence-corrected chi connectivity index (χ0v) is 9.00. The molecule has 0 aliphatic heterocycles. The fourth-order valence-corrected chi connectivity index (χ4v) is 2.16. The maximum absolute atomic E-state index is 12.8. The van der Waals surface area contributed by atoms with Crippen molar-refractivity contribution in [3.8, 4) is 5.75 Å². The van der Waals surface area contributed by atoms with E-state index in [0.717, 1.165) is 12.1 Å². The maximum atomic E-state index is 12.8. The normalized spacial score (nSPS) is 11.6. The van der Waals surface area contributed by atoms with Crippen LogP contribution >= 0.6 is 22.3 Å². The Morgan fingerprint density at radius 1 is 1.43 bits per heavy atom. The highest BCUT2D eigenvalue weighted by molar-refractivity contribution is 8.13. The van der Waals surface area contributed by atoms with E-state index < -0.39 is 26.4 Å². The predicted octanol–water partition coefficient (Wildman–Crippen LogP) is 2.25. The molecule has 3 nitrogen and oxygen atoms in total. The largest absolute Gasteiger partial charge is 0.505 e. The Labute approximate surface area is 89.5 Å². The van der Waals surface area contributed by atoms with Crippen molar-refractivity contribution in [1.29, 1.82) is 0 Å². The summed E-state index contributed by atoms with van der Waals surface area (Å²) in [4.78, 5) is 0. The van der Waals surface area contributed by atoms with Gasteiger partial charge in [-0.15, -0.1) is 0 Å². The summed E-state index contributed by atoms with van der Waals surface area (Å²) in [5.74, 6) is -2.44. The first-order valence-corrected chi connectivity index (χ1v) is 6.25. The van der Waals surface area contributed by atoms with Crippen LogP contribution in [-0.4, -0.2) is 13.5 Å². The maximum Gasteiger partial charge on any atom is 0.236 e. The summed E-state index contributed by atoms with van der Waals surface area (Å²) < 4.78 is 34.2. The second kappa shape index (κ2) is 3.92. The quantitative estimate of drug-likeness (QED) is 0.829. The molecule has 0 atom stereocenters.